The zero-order valence-corrected chi connectivity index (χ0v) is 10.6. The van der Waals surface area contributed by atoms with Crippen molar-refractivity contribution in [1.82, 2.24) is 5.32 Å². The number of benzene rings is 1. The van der Waals surface area contributed by atoms with E-state index in [4.69, 9.17) is 0 Å². The van der Waals surface area contributed by atoms with Crippen molar-refractivity contribution in [2.45, 2.75) is 12.8 Å². The number of hydrogen-bond acceptors (Lipinski definition) is 2. The summed E-state index contributed by atoms with van der Waals surface area (Å²) in [6.45, 7) is 1.35. The molecule has 86 valence electrons. The normalized spacial score (nSPS) is 14.8. The SMILES string of the molecule is O=C(CNCC1CC1)Nc1ccccc1Br. The molecule has 3 nitrogen and oxygen atoms in total. The number of amides is 1. The lowest BCUT2D eigenvalue weighted by Crippen LogP contribution is -2.29. The first kappa shape index (κ1) is 11.6. The van der Waals surface area contributed by atoms with E-state index in [0.29, 0.717) is 6.54 Å². The Kier molecular flexibility index (Phi) is 3.96. The van der Waals surface area contributed by atoms with Crippen LogP contribution < -0.4 is 10.6 Å². The van der Waals surface area contributed by atoms with Gasteiger partial charge < -0.3 is 10.6 Å². The van der Waals surface area contributed by atoms with E-state index < -0.39 is 0 Å². The van der Waals surface area contributed by atoms with Gasteiger partial charge in [-0.3, -0.25) is 4.79 Å². The molecular weight excluding hydrogens is 268 g/mol. The summed E-state index contributed by atoms with van der Waals surface area (Å²) >= 11 is 3.39. The van der Waals surface area contributed by atoms with E-state index in [9.17, 15) is 4.79 Å². The second-order valence-corrected chi connectivity index (χ2v) is 4.96. The van der Waals surface area contributed by atoms with Crippen molar-refractivity contribution < 1.29 is 4.79 Å². The minimum Gasteiger partial charge on any atom is -0.324 e. The van der Waals surface area contributed by atoms with Crippen molar-refractivity contribution >= 4 is 27.5 Å². The van der Waals surface area contributed by atoms with Gasteiger partial charge in [0, 0.05) is 4.47 Å². The highest BCUT2D eigenvalue weighted by Crippen LogP contribution is 2.27. The lowest BCUT2D eigenvalue weighted by Gasteiger charge is -2.07. The summed E-state index contributed by atoms with van der Waals surface area (Å²) in [5.74, 6) is 0.809. The molecular formula is C12H15BrN2O. The van der Waals surface area contributed by atoms with Crippen molar-refractivity contribution in [3.05, 3.63) is 28.7 Å². The smallest absolute Gasteiger partial charge is 0.238 e. The first-order valence-corrected chi connectivity index (χ1v) is 6.30. The number of halogens is 1. The minimum atomic E-state index is 0.00699. The van der Waals surface area contributed by atoms with Gasteiger partial charge in [0.25, 0.3) is 0 Å². The molecule has 16 heavy (non-hydrogen) atoms. The Morgan fingerprint density at radius 1 is 1.38 bits per heavy atom. The van der Waals surface area contributed by atoms with Gasteiger partial charge >= 0.3 is 0 Å². The topological polar surface area (TPSA) is 41.1 Å². The zero-order valence-electron chi connectivity index (χ0n) is 9.00. The van der Waals surface area contributed by atoms with Crippen LogP contribution in [0.15, 0.2) is 28.7 Å². The molecule has 1 aliphatic rings. The predicted molar refractivity (Wildman–Crippen MR) is 68.4 cm³/mol. The third-order valence-electron chi connectivity index (χ3n) is 2.56. The second kappa shape index (κ2) is 5.46. The van der Waals surface area contributed by atoms with Crippen LogP contribution in [0.25, 0.3) is 0 Å². The van der Waals surface area contributed by atoms with Gasteiger partial charge in [-0.05, 0) is 53.4 Å². The molecule has 1 fully saturated rings. The predicted octanol–water partition coefficient (Wildman–Crippen LogP) is 2.39. The summed E-state index contributed by atoms with van der Waals surface area (Å²) in [7, 11) is 0. The maximum atomic E-state index is 11.6. The monoisotopic (exact) mass is 282 g/mol. The molecule has 0 radical (unpaired) electrons. The van der Waals surface area contributed by atoms with Crippen molar-refractivity contribution in [1.29, 1.82) is 0 Å². The number of rotatable bonds is 5. The number of carbonyl (C=O) groups is 1. The molecule has 1 aromatic carbocycles. The Hall–Kier alpha value is -0.870. The number of anilines is 1. The van der Waals surface area contributed by atoms with Crippen LogP contribution in [0.2, 0.25) is 0 Å². The Morgan fingerprint density at radius 2 is 2.12 bits per heavy atom. The highest BCUT2D eigenvalue weighted by atomic mass is 79.9. The van der Waals surface area contributed by atoms with Gasteiger partial charge in [0.15, 0.2) is 0 Å². The molecule has 4 heteroatoms. The van der Waals surface area contributed by atoms with Crippen LogP contribution in [0.5, 0.6) is 0 Å². The van der Waals surface area contributed by atoms with Crippen molar-refractivity contribution in [2.75, 3.05) is 18.4 Å². The molecule has 1 amide bonds. The van der Waals surface area contributed by atoms with E-state index >= 15 is 0 Å². The minimum absolute atomic E-state index is 0.00699. The lowest BCUT2D eigenvalue weighted by molar-refractivity contribution is -0.115. The molecule has 1 aliphatic carbocycles. The molecule has 0 aliphatic heterocycles. The molecule has 1 saturated carbocycles. The highest BCUT2D eigenvalue weighted by Gasteiger charge is 2.20. The van der Waals surface area contributed by atoms with Crippen molar-refractivity contribution in [3.8, 4) is 0 Å². The molecule has 0 heterocycles. The third-order valence-corrected chi connectivity index (χ3v) is 3.25. The summed E-state index contributed by atoms with van der Waals surface area (Å²) in [6.07, 6.45) is 2.61. The number of hydrogen-bond donors (Lipinski definition) is 2. The summed E-state index contributed by atoms with van der Waals surface area (Å²) in [5.41, 5.74) is 0.820. The number of nitrogens with one attached hydrogen (secondary N) is 2. The maximum Gasteiger partial charge on any atom is 0.238 e. The molecule has 1 aromatic rings. The van der Waals surface area contributed by atoms with Crippen LogP contribution >= 0.6 is 15.9 Å². The van der Waals surface area contributed by atoms with E-state index in [2.05, 4.69) is 26.6 Å². The summed E-state index contributed by atoms with van der Waals surface area (Å²) in [5, 5.41) is 6.02. The average molecular weight is 283 g/mol. The molecule has 2 N–H and O–H groups in total. The van der Waals surface area contributed by atoms with Gasteiger partial charge in [0.1, 0.15) is 0 Å². The second-order valence-electron chi connectivity index (χ2n) is 4.10. The van der Waals surface area contributed by atoms with Gasteiger partial charge in [-0.15, -0.1) is 0 Å². The molecule has 0 saturated heterocycles. The Balaban J connectivity index is 1.75. The first-order valence-electron chi connectivity index (χ1n) is 5.51. The number of carbonyl (C=O) groups excluding carboxylic acids is 1. The first-order chi connectivity index (χ1) is 7.75. The third kappa shape index (κ3) is 3.61. The summed E-state index contributed by atoms with van der Waals surface area (Å²) in [6, 6.07) is 7.61. The molecule has 0 unspecified atom stereocenters. The zero-order chi connectivity index (χ0) is 11.4. The van der Waals surface area contributed by atoms with Gasteiger partial charge in [0.2, 0.25) is 5.91 Å². The van der Waals surface area contributed by atoms with E-state index in [1.54, 1.807) is 0 Å². The molecule has 0 bridgehead atoms. The summed E-state index contributed by atoms with van der Waals surface area (Å²) in [4.78, 5) is 11.6. The van der Waals surface area contributed by atoms with Crippen LogP contribution in [0, 0.1) is 5.92 Å². The Labute approximate surface area is 104 Å². The molecule has 0 atom stereocenters. The Bertz CT molecular complexity index is 377. The van der Waals surface area contributed by atoms with Crippen LogP contribution in [0.3, 0.4) is 0 Å². The fraction of sp³-hybridized carbons (Fsp3) is 0.417. The summed E-state index contributed by atoms with van der Waals surface area (Å²) < 4.78 is 0.908. The highest BCUT2D eigenvalue weighted by molar-refractivity contribution is 9.10. The van der Waals surface area contributed by atoms with Crippen molar-refractivity contribution in [3.63, 3.8) is 0 Å². The number of para-hydroxylation sites is 1. The van der Waals surface area contributed by atoms with Crippen molar-refractivity contribution in [2.24, 2.45) is 5.92 Å². The van der Waals surface area contributed by atoms with E-state index in [1.807, 2.05) is 24.3 Å². The quantitative estimate of drug-likeness (QED) is 0.871. The van der Waals surface area contributed by atoms with Crippen LogP contribution in [-0.2, 0) is 4.79 Å². The fourth-order valence-corrected chi connectivity index (χ4v) is 1.85. The van der Waals surface area contributed by atoms with E-state index in [0.717, 1.165) is 22.6 Å². The maximum absolute atomic E-state index is 11.6. The van der Waals surface area contributed by atoms with Gasteiger partial charge in [-0.25, -0.2) is 0 Å². The average Bonchev–Trinajstić information content (AvgIpc) is 3.05. The Morgan fingerprint density at radius 3 is 2.81 bits per heavy atom. The van der Waals surface area contributed by atoms with E-state index in [1.165, 1.54) is 12.8 Å². The van der Waals surface area contributed by atoms with Crippen LogP contribution in [0.4, 0.5) is 5.69 Å². The van der Waals surface area contributed by atoms with Crippen LogP contribution in [0.1, 0.15) is 12.8 Å². The van der Waals surface area contributed by atoms with Gasteiger partial charge in [-0.2, -0.15) is 0 Å². The lowest BCUT2D eigenvalue weighted by atomic mass is 10.3. The molecule has 0 spiro atoms. The van der Waals surface area contributed by atoms with Gasteiger partial charge in [0.05, 0.1) is 12.2 Å². The molecule has 0 aromatic heterocycles. The molecule has 2 rings (SSSR count). The van der Waals surface area contributed by atoms with Gasteiger partial charge in [-0.1, -0.05) is 12.1 Å². The van der Waals surface area contributed by atoms with E-state index in [-0.39, 0.29) is 5.91 Å². The van der Waals surface area contributed by atoms with Crippen LogP contribution in [-0.4, -0.2) is 19.0 Å². The standard InChI is InChI=1S/C12H15BrN2O/c13-10-3-1-2-4-11(10)15-12(16)8-14-7-9-5-6-9/h1-4,9,14H,5-8H2,(H,15,16). The fourth-order valence-electron chi connectivity index (χ4n) is 1.47. The largest absolute Gasteiger partial charge is 0.324 e.